The fourth-order valence-electron chi connectivity index (χ4n) is 2.68. The standard InChI is InChI=1S/C14H18N2O2S/c1-2-16(13-7-3-4-8-13)19(17,18)14-9-5-6-12(10-14)11-15/h5-6,9-10,13H,2-4,7-8H2,1H3. The van der Waals surface area contributed by atoms with Gasteiger partial charge in [-0.15, -0.1) is 0 Å². The molecule has 2 rings (SSSR count). The molecule has 0 spiro atoms. The lowest BCUT2D eigenvalue weighted by atomic mass is 10.2. The highest BCUT2D eigenvalue weighted by atomic mass is 32.2. The van der Waals surface area contributed by atoms with Gasteiger partial charge in [0.1, 0.15) is 0 Å². The molecule has 1 aliphatic carbocycles. The lowest BCUT2D eigenvalue weighted by Crippen LogP contribution is -2.38. The highest BCUT2D eigenvalue weighted by molar-refractivity contribution is 7.89. The maximum Gasteiger partial charge on any atom is 0.243 e. The molecule has 1 aromatic rings. The van der Waals surface area contributed by atoms with Crippen LogP contribution in [0.5, 0.6) is 0 Å². The Hall–Kier alpha value is -1.38. The van der Waals surface area contributed by atoms with E-state index in [4.69, 9.17) is 5.26 Å². The van der Waals surface area contributed by atoms with Crippen molar-refractivity contribution in [1.29, 1.82) is 5.26 Å². The Morgan fingerprint density at radius 3 is 2.63 bits per heavy atom. The summed E-state index contributed by atoms with van der Waals surface area (Å²) in [6.45, 7) is 2.34. The summed E-state index contributed by atoms with van der Waals surface area (Å²) in [7, 11) is -3.48. The summed E-state index contributed by atoms with van der Waals surface area (Å²) in [5.41, 5.74) is 0.378. The van der Waals surface area contributed by atoms with Gasteiger partial charge in [0.2, 0.25) is 10.0 Å². The molecule has 0 aromatic heterocycles. The molecule has 0 atom stereocenters. The molecule has 0 unspecified atom stereocenters. The minimum Gasteiger partial charge on any atom is -0.207 e. The Kier molecular flexibility index (Phi) is 4.23. The van der Waals surface area contributed by atoms with Gasteiger partial charge in [-0.25, -0.2) is 8.42 Å². The van der Waals surface area contributed by atoms with Crippen LogP contribution in [0, 0.1) is 11.3 Å². The molecule has 0 amide bonds. The molecule has 1 fully saturated rings. The van der Waals surface area contributed by atoms with Gasteiger partial charge in [0, 0.05) is 12.6 Å². The van der Waals surface area contributed by atoms with E-state index in [0.29, 0.717) is 12.1 Å². The van der Waals surface area contributed by atoms with Gasteiger partial charge >= 0.3 is 0 Å². The number of nitriles is 1. The second-order valence-corrected chi connectivity index (χ2v) is 6.68. The van der Waals surface area contributed by atoms with Crippen molar-refractivity contribution in [2.45, 2.75) is 43.5 Å². The van der Waals surface area contributed by atoms with Crippen molar-refractivity contribution in [3.05, 3.63) is 29.8 Å². The molecule has 5 heteroatoms. The Labute approximate surface area is 114 Å². The van der Waals surface area contributed by atoms with Crippen molar-refractivity contribution >= 4 is 10.0 Å². The van der Waals surface area contributed by atoms with E-state index in [0.717, 1.165) is 25.7 Å². The Morgan fingerprint density at radius 2 is 2.05 bits per heavy atom. The summed E-state index contributed by atoms with van der Waals surface area (Å²) in [4.78, 5) is 0.223. The van der Waals surface area contributed by atoms with Crippen molar-refractivity contribution in [1.82, 2.24) is 4.31 Å². The monoisotopic (exact) mass is 278 g/mol. The fraction of sp³-hybridized carbons (Fsp3) is 0.500. The van der Waals surface area contributed by atoms with E-state index in [9.17, 15) is 8.42 Å². The number of nitrogens with zero attached hydrogens (tertiary/aromatic N) is 2. The zero-order valence-electron chi connectivity index (χ0n) is 11.0. The third kappa shape index (κ3) is 2.80. The molecule has 0 N–H and O–H groups in total. The van der Waals surface area contributed by atoms with E-state index in [1.807, 2.05) is 13.0 Å². The minimum atomic E-state index is -3.48. The van der Waals surface area contributed by atoms with Gasteiger partial charge in [-0.1, -0.05) is 25.8 Å². The molecular formula is C14H18N2O2S. The van der Waals surface area contributed by atoms with Crippen LogP contribution in [-0.2, 0) is 10.0 Å². The maximum atomic E-state index is 12.6. The van der Waals surface area contributed by atoms with Crippen LogP contribution < -0.4 is 0 Å². The summed E-state index contributed by atoms with van der Waals surface area (Å²) in [5.74, 6) is 0. The lowest BCUT2D eigenvalue weighted by Gasteiger charge is -2.26. The van der Waals surface area contributed by atoms with Gasteiger partial charge < -0.3 is 0 Å². The summed E-state index contributed by atoms with van der Waals surface area (Å²) >= 11 is 0. The van der Waals surface area contributed by atoms with Crippen molar-refractivity contribution < 1.29 is 8.42 Å². The maximum absolute atomic E-state index is 12.6. The molecule has 0 aliphatic heterocycles. The van der Waals surface area contributed by atoms with Gasteiger partial charge in [-0.3, -0.25) is 0 Å². The van der Waals surface area contributed by atoms with E-state index in [-0.39, 0.29) is 10.9 Å². The largest absolute Gasteiger partial charge is 0.243 e. The van der Waals surface area contributed by atoms with Crippen molar-refractivity contribution in [3.8, 4) is 6.07 Å². The zero-order valence-corrected chi connectivity index (χ0v) is 11.9. The van der Waals surface area contributed by atoms with Crippen molar-refractivity contribution in [3.63, 3.8) is 0 Å². The van der Waals surface area contributed by atoms with Crippen molar-refractivity contribution in [2.75, 3.05) is 6.54 Å². The van der Waals surface area contributed by atoms with Gasteiger partial charge in [-0.05, 0) is 31.0 Å². The molecule has 1 aliphatic rings. The van der Waals surface area contributed by atoms with Crippen LogP contribution in [0.4, 0.5) is 0 Å². The summed E-state index contributed by atoms with van der Waals surface area (Å²) in [6.07, 6.45) is 4.06. The van der Waals surface area contributed by atoms with Gasteiger partial charge in [0.25, 0.3) is 0 Å². The summed E-state index contributed by atoms with van der Waals surface area (Å²) in [6, 6.07) is 8.34. The molecule has 1 aromatic carbocycles. The third-order valence-electron chi connectivity index (χ3n) is 3.61. The smallest absolute Gasteiger partial charge is 0.207 e. The topological polar surface area (TPSA) is 61.2 Å². The first-order valence-electron chi connectivity index (χ1n) is 6.61. The number of hydrogen-bond acceptors (Lipinski definition) is 3. The summed E-state index contributed by atoms with van der Waals surface area (Å²) in [5, 5.41) is 8.88. The fourth-order valence-corrected chi connectivity index (χ4v) is 4.42. The van der Waals surface area contributed by atoms with Gasteiger partial charge in [0.05, 0.1) is 16.5 Å². The molecule has 0 radical (unpaired) electrons. The second kappa shape index (κ2) is 5.72. The predicted octanol–water partition coefficient (Wildman–Crippen LogP) is 2.51. The van der Waals surface area contributed by atoms with E-state index in [1.165, 1.54) is 6.07 Å². The van der Waals surface area contributed by atoms with E-state index < -0.39 is 10.0 Å². The zero-order chi connectivity index (χ0) is 13.9. The van der Waals surface area contributed by atoms with Crippen LogP contribution >= 0.6 is 0 Å². The molecule has 4 nitrogen and oxygen atoms in total. The van der Waals surface area contributed by atoms with E-state index >= 15 is 0 Å². The Morgan fingerprint density at radius 1 is 1.37 bits per heavy atom. The SMILES string of the molecule is CCN(C1CCCC1)S(=O)(=O)c1cccc(C#N)c1. The van der Waals surface area contributed by atoms with Crippen LogP contribution in [0.3, 0.4) is 0 Å². The first kappa shape index (κ1) is 14.0. The predicted molar refractivity (Wildman–Crippen MR) is 73.0 cm³/mol. The number of rotatable bonds is 4. The number of benzene rings is 1. The average molecular weight is 278 g/mol. The summed E-state index contributed by atoms with van der Waals surface area (Å²) < 4.78 is 26.9. The average Bonchev–Trinajstić information content (AvgIpc) is 2.93. The van der Waals surface area contributed by atoms with Crippen molar-refractivity contribution in [2.24, 2.45) is 0 Å². The molecule has 1 saturated carbocycles. The molecule has 19 heavy (non-hydrogen) atoms. The van der Waals surface area contributed by atoms with E-state index in [2.05, 4.69) is 0 Å². The number of sulfonamides is 1. The van der Waals surface area contributed by atoms with Gasteiger partial charge in [0.15, 0.2) is 0 Å². The highest BCUT2D eigenvalue weighted by Crippen LogP contribution is 2.28. The highest BCUT2D eigenvalue weighted by Gasteiger charge is 2.31. The van der Waals surface area contributed by atoms with Crippen LogP contribution in [0.15, 0.2) is 29.2 Å². The molecule has 0 bridgehead atoms. The van der Waals surface area contributed by atoms with Crippen LogP contribution in [0.25, 0.3) is 0 Å². The number of hydrogen-bond donors (Lipinski definition) is 0. The molecular weight excluding hydrogens is 260 g/mol. The van der Waals surface area contributed by atoms with Crippen LogP contribution in [0.2, 0.25) is 0 Å². The Balaban J connectivity index is 2.36. The quantitative estimate of drug-likeness (QED) is 0.850. The second-order valence-electron chi connectivity index (χ2n) is 4.79. The van der Waals surface area contributed by atoms with Gasteiger partial charge in [-0.2, -0.15) is 9.57 Å². The Bertz CT molecular complexity index is 584. The van der Waals surface area contributed by atoms with Crippen LogP contribution in [-0.4, -0.2) is 25.3 Å². The van der Waals surface area contributed by atoms with Crippen LogP contribution in [0.1, 0.15) is 38.2 Å². The molecule has 102 valence electrons. The third-order valence-corrected chi connectivity index (χ3v) is 5.64. The van der Waals surface area contributed by atoms with E-state index in [1.54, 1.807) is 22.5 Å². The minimum absolute atomic E-state index is 0.112. The lowest BCUT2D eigenvalue weighted by molar-refractivity contribution is 0.335. The molecule has 0 heterocycles. The first-order chi connectivity index (χ1) is 9.09. The normalized spacial score (nSPS) is 16.7. The first-order valence-corrected chi connectivity index (χ1v) is 8.05. The molecule has 0 saturated heterocycles.